The number of anilines is 1. The van der Waals surface area contributed by atoms with Crippen LogP contribution in [0.15, 0.2) is 76.5 Å². The molecule has 2 aromatic heterocycles. The minimum absolute atomic E-state index is 0.0425. The van der Waals surface area contributed by atoms with Gasteiger partial charge in [0.2, 0.25) is 0 Å². The second-order valence-electron chi connectivity index (χ2n) is 5.33. The Kier molecular flexibility index (Phi) is 3.59. The van der Waals surface area contributed by atoms with Crippen molar-refractivity contribution in [3.63, 3.8) is 0 Å². The van der Waals surface area contributed by atoms with Gasteiger partial charge in [-0.2, -0.15) is 5.10 Å². The Balaban J connectivity index is 1.60. The fourth-order valence-electron chi connectivity index (χ4n) is 2.46. The zero-order valence-corrected chi connectivity index (χ0v) is 12.9. The smallest absolute Gasteiger partial charge is 0.349 e. The number of aromatic nitrogens is 3. The van der Waals surface area contributed by atoms with Crippen LogP contribution in [-0.4, -0.2) is 20.7 Å². The maximum Gasteiger partial charge on any atom is 0.349 e. The molecule has 0 spiro atoms. The molecule has 0 aliphatic carbocycles. The third-order valence-corrected chi connectivity index (χ3v) is 3.69. The van der Waals surface area contributed by atoms with Crippen molar-refractivity contribution in [3.8, 4) is 5.69 Å². The van der Waals surface area contributed by atoms with Gasteiger partial charge in [0, 0.05) is 11.1 Å². The van der Waals surface area contributed by atoms with E-state index in [9.17, 15) is 9.59 Å². The number of hydrogen-bond acceptors (Lipinski definition) is 5. The number of fused-ring (bicyclic) bond motifs is 1. The van der Waals surface area contributed by atoms with Crippen molar-refractivity contribution in [2.24, 2.45) is 0 Å². The van der Waals surface area contributed by atoms with E-state index in [1.54, 1.807) is 53.5 Å². The topological polar surface area (TPSA) is 90.0 Å². The summed E-state index contributed by atoms with van der Waals surface area (Å²) < 4.78 is 6.79. The number of carbonyl (C=O) groups is 1. The lowest BCUT2D eigenvalue weighted by Gasteiger charge is -2.06. The van der Waals surface area contributed by atoms with E-state index >= 15 is 0 Å². The molecule has 0 atom stereocenters. The number of para-hydroxylation sites is 1. The van der Waals surface area contributed by atoms with E-state index < -0.39 is 11.5 Å². The molecule has 0 unspecified atom stereocenters. The third kappa shape index (κ3) is 2.90. The van der Waals surface area contributed by atoms with E-state index in [0.29, 0.717) is 16.7 Å². The third-order valence-electron chi connectivity index (χ3n) is 3.69. The molecule has 0 fully saturated rings. The molecule has 7 nitrogen and oxygen atoms in total. The van der Waals surface area contributed by atoms with Gasteiger partial charge in [-0.3, -0.25) is 4.79 Å². The number of nitrogens with one attached hydrogen (secondary N) is 1. The molecule has 0 bridgehead atoms. The second-order valence-corrected chi connectivity index (χ2v) is 5.33. The van der Waals surface area contributed by atoms with Crippen LogP contribution in [0.4, 0.5) is 5.69 Å². The molecule has 122 valence electrons. The molecular weight excluding hydrogens is 320 g/mol. The first kappa shape index (κ1) is 14.8. The molecule has 4 rings (SSSR count). The highest BCUT2D eigenvalue weighted by Gasteiger charge is 2.14. The van der Waals surface area contributed by atoms with Crippen LogP contribution in [0.1, 0.15) is 10.4 Å². The number of hydrogen-bond donors (Lipinski definition) is 1. The molecule has 1 N–H and O–H groups in total. The molecule has 0 radical (unpaired) electrons. The van der Waals surface area contributed by atoms with Gasteiger partial charge in [-0.25, -0.2) is 14.5 Å². The summed E-state index contributed by atoms with van der Waals surface area (Å²) in [6, 6.07) is 15.6. The van der Waals surface area contributed by atoms with Crippen LogP contribution in [0.3, 0.4) is 0 Å². The summed E-state index contributed by atoms with van der Waals surface area (Å²) in [5.74, 6) is -0.520. The van der Waals surface area contributed by atoms with Gasteiger partial charge in [0.05, 0.1) is 5.69 Å². The molecule has 2 heterocycles. The lowest BCUT2D eigenvalue weighted by Crippen LogP contribution is -2.20. The van der Waals surface area contributed by atoms with Crippen molar-refractivity contribution in [1.82, 2.24) is 14.8 Å². The van der Waals surface area contributed by atoms with Crippen molar-refractivity contribution in [2.45, 2.75) is 0 Å². The first-order valence-electron chi connectivity index (χ1n) is 7.50. The summed E-state index contributed by atoms with van der Waals surface area (Å²) in [7, 11) is 0. The van der Waals surface area contributed by atoms with E-state index in [0.717, 1.165) is 5.69 Å². The van der Waals surface area contributed by atoms with Crippen LogP contribution in [0.25, 0.3) is 16.7 Å². The van der Waals surface area contributed by atoms with Gasteiger partial charge in [0.15, 0.2) is 0 Å². The molecule has 0 aliphatic heterocycles. The monoisotopic (exact) mass is 332 g/mol. The average Bonchev–Trinajstić information content (AvgIpc) is 3.16. The lowest BCUT2D eigenvalue weighted by atomic mass is 10.1. The molecule has 25 heavy (non-hydrogen) atoms. The van der Waals surface area contributed by atoms with Gasteiger partial charge in [-0.05, 0) is 36.4 Å². The highest BCUT2D eigenvalue weighted by molar-refractivity contribution is 6.05. The first-order valence-corrected chi connectivity index (χ1v) is 7.50. The zero-order valence-electron chi connectivity index (χ0n) is 12.9. The van der Waals surface area contributed by atoms with Crippen LogP contribution in [0.2, 0.25) is 0 Å². The Labute approximate surface area is 141 Å². The summed E-state index contributed by atoms with van der Waals surface area (Å²) in [6.07, 6.45) is 3.02. The number of nitrogens with zero attached hydrogens (tertiary/aromatic N) is 3. The predicted molar refractivity (Wildman–Crippen MR) is 91.8 cm³/mol. The van der Waals surface area contributed by atoms with Crippen molar-refractivity contribution >= 4 is 22.6 Å². The predicted octanol–water partition coefficient (Wildman–Crippen LogP) is 2.63. The van der Waals surface area contributed by atoms with Gasteiger partial charge < -0.3 is 9.73 Å². The Morgan fingerprint density at radius 2 is 1.88 bits per heavy atom. The summed E-state index contributed by atoms with van der Waals surface area (Å²) >= 11 is 0. The largest absolute Gasteiger partial charge is 0.422 e. The molecule has 4 aromatic rings. The van der Waals surface area contributed by atoms with Gasteiger partial charge in [-0.1, -0.05) is 18.2 Å². The van der Waals surface area contributed by atoms with Gasteiger partial charge in [-0.15, -0.1) is 0 Å². The molecule has 0 saturated carbocycles. The number of carbonyl (C=O) groups excluding carboxylic acids is 1. The van der Waals surface area contributed by atoms with Crippen LogP contribution >= 0.6 is 0 Å². The van der Waals surface area contributed by atoms with Gasteiger partial charge >= 0.3 is 5.63 Å². The zero-order chi connectivity index (χ0) is 17.2. The summed E-state index contributed by atoms with van der Waals surface area (Å²) in [6.45, 7) is 0. The molecule has 1 amide bonds. The molecule has 7 heteroatoms. The normalized spacial score (nSPS) is 10.7. The van der Waals surface area contributed by atoms with Crippen molar-refractivity contribution < 1.29 is 9.21 Å². The number of benzene rings is 2. The molecule has 2 aromatic carbocycles. The number of amides is 1. The van der Waals surface area contributed by atoms with Crippen LogP contribution in [-0.2, 0) is 0 Å². The van der Waals surface area contributed by atoms with Crippen LogP contribution in [0.5, 0.6) is 0 Å². The molecular formula is C18H12N4O3. The Morgan fingerprint density at radius 3 is 2.64 bits per heavy atom. The minimum atomic E-state index is -0.671. The molecule has 0 aliphatic rings. The lowest BCUT2D eigenvalue weighted by molar-refractivity contribution is 0.102. The van der Waals surface area contributed by atoms with Crippen LogP contribution in [0, 0.1) is 0 Å². The average molecular weight is 332 g/mol. The Bertz CT molecular complexity index is 1100. The highest BCUT2D eigenvalue weighted by Crippen LogP contribution is 2.15. The minimum Gasteiger partial charge on any atom is -0.422 e. The van der Waals surface area contributed by atoms with Crippen molar-refractivity contribution in [3.05, 3.63) is 83.2 Å². The van der Waals surface area contributed by atoms with Gasteiger partial charge in [0.25, 0.3) is 5.91 Å². The van der Waals surface area contributed by atoms with Crippen molar-refractivity contribution in [1.29, 1.82) is 0 Å². The van der Waals surface area contributed by atoms with E-state index in [4.69, 9.17) is 4.42 Å². The SMILES string of the molecule is O=C(Nc1ccc(-n2cncn2)cc1)c1cc2ccccc2oc1=O. The summed E-state index contributed by atoms with van der Waals surface area (Å²) in [4.78, 5) is 28.3. The highest BCUT2D eigenvalue weighted by atomic mass is 16.4. The van der Waals surface area contributed by atoms with Crippen LogP contribution < -0.4 is 10.9 Å². The second kappa shape index (κ2) is 6.04. The first-order chi connectivity index (χ1) is 12.2. The van der Waals surface area contributed by atoms with E-state index in [-0.39, 0.29) is 5.56 Å². The maximum atomic E-state index is 12.4. The quantitative estimate of drug-likeness (QED) is 0.583. The van der Waals surface area contributed by atoms with Gasteiger partial charge in [0.1, 0.15) is 23.8 Å². The van der Waals surface area contributed by atoms with E-state index in [1.807, 2.05) is 6.07 Å². The fourth-order valence-corrected chi connectivity index (χ4v) is 2.46. The molecule has 0 saturated heterocycles. The standard InChI is InChI=1S/C18H12N4O3/c23-17(15-9-12-3-1-2-4-16(12)25-18(15)24)21-13-5-7-14(8-6-13)22-11-19-10-20-22/h1-11H,(H,21,23). The Hall–Kier alpha value is -3.74. The number of rotatable bonds is 3. The Morgan fingerprint density at radius 1 is 1.08 bits per heavy atom. The summed E-state index contributed by atoms with van der Waals surface area (Å²) in [5, 5.41) is 7.41. The van der Waals surface area contributed by atoms with E-state index in [1.165, 1.54) is 12.4 Å². The fraction of sp³-hybridized carbons (Fsp3) is 0. The van der Waals surface area contributed by atoms with Crippen molar-refractivity contribution in [2.75, 3.05) is 5.32 Å². The van der Waals surface area contributed by atoms with E-state index in [2.05, 4.69) is 15.4 Å². The maximum absolute atomic E-state index is 12.4. The summed E-state index contributed by atoms with van der Waals surface area (Å²) in [5.41, 5.74) is 1.10.